The summed E-state index contributed by atoms with van der Waals surface area (Å²) in [5.74, 6) is -1.34. The first-order valence-corrected chi connectivity index (χ1v) is 8.16. The van der Waals surface area contributed by atoms with E-state index in [1.54, 1.807) is 0 Å². The average molecular weight is 297 g/mol. The Hall–Kier alpha value is -1.10. The van der Waals surface area contributed by atoms with Crippen LogP contribution in [0.25, 0.3) is 0 Å². The van der Waals surface area contributed by atoms with E-state index in [1.807, 2.05) is 11.8 Å². The lowest BCUT2D eigenvalue weighted by Crippen LogP contribution is -2.47. The third kappa shape index (κ3) is 3.96. The van der Waals surface area contributed by atoms with E-state index in [-0.39, 0.29) is 17.9 Å². The van der Waals surface area contributed by atoms with Gasteiger partial charge in [0.1, 0.15) is 0 Å². The molecule has 0 aromatic heterocycles. The highest BCUT2D eigenvalue weighted by Crippen LogP contribution is 2.38. The first kappa shape index (κ1) is 16.3. The summed E-state index contributed by atoms with van der Waals surface area (Å²) in [4.78, 5) is 25.9. The molecule has 1 aliphatic heterocycles. The molecule has 1 N–H and O–H groups in total. The van der Waals surface area contributed by atoms with Crippen LogP contribution in [0.15, 0.2) is 0 Å². The quantitative estimate of drug-likeness (QED) is 0.844. The molecule has 2 rings (SSSR count). The first-order valence-electron chi connectivity index (χ1n) is 8.16. The van der Waals surface area contributed by atoms with Crippen LogP contribution in [-0.4, -0.2) is 47.7 Å². The van der Waals surface area contributed by atoms with Gasteiger partial charge in [0.2, 0.25) is 5.91 Å². The van der Waals surface area contributed by atoms with Gasteiger partial charge >= 0.3 is 5.97 Å². The summed E-state index contributed by atoms with van der Waals surface area (Å²) in [6.07, 6.45) is 4.35. The number of carbonyl (C=O) groups is 2. The Morgan fingerprint density at radius 2 is 2.00 bits per heavy atom. The Bertz CT molecular complexity index is 384. The second-order valence-electron chi connectivity index (χ2n) is 6.55. The molecule has 1 saturated carbocycles. The van der Waals surface area contributed by atoms with Crippen molar-refractivity contribution in [2.75, 3.05) is 19.7 Å². The smallest absolute Gasteiger partial charge is 0.307 e. The van der Waals surface area contributed by atoms with Gasteiger partial charge in [-0.15, -0.1) is 0 Å². The minimum absolute atomic E-state index is 0.0246. The summed E-state index contributed by atoms with van der Waals surface area (Å²) in [6, 6.07) is 0. The fraction of sp³-hybridized carbons (Fsp3) is 0.875. The van der Waals surface area contributed by atoms with Gasteiger partial charge in [-0.2, -0.15) is 0 Å². The lowest BCUT2D eigenvalue weighted by molar-refractivity contribution is -0.150. The van der Waals surface area contributed by atoms with Crippen molar-refractivity contribution < 1.29 is 19.4 Å². The summed E-state index contributed by atoms with van der Waals surface area (Å²) in [6.45, 7) is 6.19. The molecule has 2 unspecified atom stereocenters. The Morgan fingerprint density at radius 1 is 1.29 bits per heavy atom. The van der Waals surface area contributed by atoms with Crippen molar-refractivity contribution in [1.82, 2.24) is 4.90 Å². The van der Waals surface area contributed by atoms with Crippen LogP contribution < -0.4 is 0 Å². The topological polar surface area (TPSA) is 66.8 Å². The third-order valence-corrected chi connectivity index (χ3v) is 4.68. The number of hydrogen-bond acceptors (Lipinski definition) is 3. The number of carboxylic acid groups (broad SMARTS) is 1. The average Bonchev–Trinajstić information content (AvgIpc) is 2.87. The van der Waals surface area contributed by atoms with Crippen LogP contribution in [-0.2, 0) is 14.3 Å². The molecule has 1 amide bonds. The molecule has 1 heterocycles. The maximum atomic E-state index is 12.7. The minimum Gasteiger partial charge on any atom is -0.481 e. The third-order valence-electron chi connectivity index (χ3n) is 4.68. The van der Waals surface area contributed by atoms with Crippen LogP contribution in [0.3, 0.4) is 0 Å². The normalized spacial score (nSPS) is 33.1. The number of carbonyl (C=O) groups excluding carboxylic acids is 1. The Labute approximate surface area is 126 Å². The van der Waals surface area contributed by atoms with Crippen LogP contribution in [0.1, 0.15) is 46.0 Å². The van der Waals surface area contributed by atoms with E-state index in [1.165, 1.54) is 0 Å². The van der Waals surface area contributed by atoms with E-state index < -0.39 is 11.9 Å². The summed E-state index contributed by atoms with van der Waals surface area (Å²) in [7, 11) is 0. The zero-order valence-corrected chi connectivity index (χ0v) is 13.1. The molecule has 0 spiro atoms. The van der Waals surface area contributed by atoms with Gasteiger partial charge in [0.15, 0.2) is 0 Å². The van der Waals surface area contributed by atoms with Crippen molar-refractivity contribution in [3.63, 3.8) is 0 Å². The predicted octanol–water partition coefficient (Wildman–Crippen LogP) is 2.15. The number of hydrogen-bond donors (Lipinski definition) is 1. The standard InChI is InChI=1S/C16H27NO4/c1-3-7-21-12-5-4-6-17(10-12)15(18)13-8-11(2)9-14(13)16(19)20/h11-14H,3-10H2,1-2H3,(H,19,20)/t11?,12?,13-,14+/m0/s1. The van der Waals surface area contributed by atoms with Crippen molar-refractivity contribution in [3.8, 4) is 0 Å². The van der Waals surface area contributed by atoms with Crippen LogP contribution in [0, 0.1) is 17.8 Å². The number of nitrogens with zero attached hydrogens (tertiary/aromatic N) is 1. The maximum absolute atomic E-state index is 12.7. The zero-order chi connectivity index (χ0) is 15.4. The summed E-state index contributed by atoms with van der Waals surface area (Å²) >= 11 is 0. The number of amides is 1. The zero-order valence-electron chi connectivity index (χ0n) is 13.1. The van der Waals surface area contributed by atoms with Gasteiger partial charge in [0, 0.05) is 19.7 Å². The van der Waals surface area contributed by atoms with Crippen LogP contribution in [0.5, 0.6) is 0 Å². The van der Waals surface area contributed by atoms with Gasteiger partial charge in [-0.3, -0.25) is 9.59 Å². The second-order valence-corrected chi connectivity index (χ2v) is 6.55. The van der Waals surface area contributed by atoms with E-state index in [9.17, 15) is 14.7 Å². The molecule has 120 valence electrons. The highest BCUT2D eigenvalue weighted by Gasteiger charge is 2.43. The van der Waals surface area contributed by atoms with E-state index >= 15 is 0 Å². The lowest BCUT2D eigenvalue weighted by Gasteiger charge is -2.35. The second kappa shape index (κ2) is 7.25. The van der Waals surface area contributed by atoms with Gasteiger partial charge in [-0.1, -0.05) is 13.8 Å². The number of likely N-dealkylation sites (tertiary alicyclic amines) is 1. The molecule has 4 atom stereocenters. The molecule has 2 fully saturated rings. The Kier molecular flexibility index (Phi) is 5.62. The molecule has 5 heteroatoms. The first-order chi connectivity index (χ1) is 10.0. The monoisotopic (exact) mass is 297 g/mol. The number of carboxylic acids is 1. The van der Waals surface area contributed by atoms with Gasteiger partial charge in [-0.05, 0) is 38.0 Å². The number of piperidine rings is 1. The molecule has 0 aromatic rings. The number of aliphatic carboxylic acids is 1. The van der Waals surface area contributed by atoms with E-state index in [2.05, 4.69) is 6.92 Å². The van der Waals surface area contributed by atoms with Crippen molar-refractivity contribution in [2.24, 2.45) is 17.8 Å². The lowest BCUT2D eigenvalue weighted by atomic mass is 9.93. The van der Waals surface area contributed by atoms with Crippen molar-refractivity contribution in [3.05, 3.63) is 0 Å². The van der Waals surface area contributed by atoms with Gasteiger partial charge in [0.05, 0.1) is 17.9 Å². The number of ether oxygens (including phenoxy) is 1. The molecular weight excluding hydrogens is 270 g/mol. The molecule has 0 aromatic carbocycles. The van der Waals surface area contributed by atoms with Gasteiger partial charge < -0.3 is 14.7 Å². The SMILES string of the molecule is CCCOC1CCCN(C(=O)[C@H]2CC(C)C[C@H]2C(=O)O)C1. The van der Waals surface area contributed by atoms with Crippen molar-refractivity contribution in [1.29, 1.82) is 0 Å². The van der Waals surface area contributed by atoms with Gasteiger partial charge in [0.25, 0.3) is 0 Å². The summed E-state index contributed by atoms with van der Waals surface area (Å²) < 4.78 is 5.76. The molecule has 5 nitrogen and oxygen atoms in total. The van der Waals surface area contributed by atoms with E-state index in [0.717, 1.165) is 32.4 Å². The molecule has 1 saturated heterocycles. The fourth-order valence-electron chi connectivity index (χ4n) is 3.63. The molecule has 0 radical (unpaired) electrons. The predicted molar refractivity (Wildman–Crippen MR) is 78.9 cm³/mol. The Morgan fingerprint density at radius 3 is 2.67 bits per heavy atom. The van der Waals surface area contributed by atoms with Crippen molar-refractivity contribution >= 4 is 11.9 Å². The number of rotatable bonds is 5. The van der Waals surface area contributed by atoms with Crippen LogP contribution in [0.4, 0.5) is 0 Å². The molecule has 1 aliphatic carbocycles. The van der Waals surface area contributed by atoms with E-state index in [4.69, 9.17) is 4.74 Å². The minimum atomic E-state index is -0.825. The molecule has 0 bridgehead atoms. The summed E-state index contributed by atoms with van der Waals surface area (Å²) in [5.41, 5.74) is 0. The van der Waals surface area contributed by atoms with Crippen LogP contribution in [0.2, 0.25) is 0 Å². The largest absolute Gasteiger partial charge is 0.481 e. The van der Waals surface area contributed by atoms with Crippen molar-refractivity contribution in [2.45, 2.75) is 52.1 Å². The molecule has 21 heavy (non-hydrogen) atoms. The van der Waals surface area contributed by atoms with Crippen LogP contribution >= 0.6 is 0 Å². The highest BCUT2D eigenvalue weighted by atomic mass is 16.5. The fourth-order valence-corrected chi connectivity index (χ4v) is 3.63. The summed E-state index contributed by atoms with van der Waals surface area (Å²) in [5, 5.41) is 9.32. The molecule has 2 aliphatic rings. The Balaban J connectivity index is 1.96. The van der Waals surface area contributed by atoms with E-state index in [0.29, 0.717) is 25.3 Å². The maximum Gasteiger partial charge on any atom is 0.307 e. The molecular formula is C16H27NO4. The highest BCUT2D eigenvalue weighted by molar-refractivity contribution is 5.85. The van der Waals surface area contributed by atoms with Gasteiger partial charge in [-0.25, -0.2) is 0 Å².